The van der Waals surface area contributed by atoms with E-state index in [0.29, 0.717) is 0 Å². The Morgan fingerprint density at radius 3 is 0.774 bits per heavy atom. The monoisotopic (exact) mass is 441 g/mol. The van der Waals surface area contributed by atoms with Gasteiger partial charge in [0, 0.05) is 0 Å². The van der Waals surface area contributed by atoms with E-state index < -0.39 is 0 Å². The second-order valence-electron chi connectivity index (χ2n) is 10.7. The zero-order valence-corrected chi connectivity index (χ0v) is 23.2. The Bertz CT molecular complexity index is 336. The summed E-state index contributed by atoms with van der Waals surface area (Å²) in [6, 6.07) is 0. The highest BCUT2D eigenvalue weighted by molar-refractivity contribution is 4.53. The second-order valence-corrected chi connectivity index (χ2v) is 10.7. The second kappa shape index (κ2) is 20.5. The van der Waals surface area contributed by atoms with E-state index in [1.807, 2.05) is 0 Å². The third kappa shape index (κ3) is 14.6. The van der Waals surface area contributed by atoms with Gasteiger partial charge in [0.05, 0.1) is 52.4 Å². The molecule has 0 radical (unpaired) electrons. The Balaban J connectivity index is 4.66. The van der Waals surface area contributed by atoms with Crippen molar-refractivity contribution < 1.29 is 8.97 Å². The van der Waals surface area contributed by atoms with Gasteiger partial charge < -0.3 is 8.97 Å². The van der Waals surface area contributed by atoms with Gasteiger partial charge in [-0.15, -0.1) is 0 Å². The summed E-state index contributed by atoms with van der Waals surface area (Å²) in [4.78, 5) is 0. The average molecular weight is 441 g/mol. The first-order valence-electron chi connectivity index (χ1n) is 14.8. The van der Waals surface area contributed by atoms with Gasteiger partial charge in [0.1, 0.15) is 0 Å². The normalized spacial score (nSPS) is 12.6. The number of nitrogens with zero attached hydrogens (tertiary/aromatic N) is 2. The molecule has 0 aliphatic rings. The molecule has 0 atom stereocenters. The van der Waals surface area contributed by atoms with Crippen LogP contribution in [0.4, 0.5) is 0 Å². The van der Waals surface area contributed by atoms with E-state index >= 15 is 0 Å². The molecule has 31 heavy (non-hydrogen) atoms. The zero-order valence-electron chi connectivity index (χ0n) is 23.2. The molecule has 2 heteroatoms. The minimum Gasteiger partial charge on any atom is -0.324 e. The molecule has 0 aromatic heterocycles. The molecule has 0 amide bonds. The molecule has 0 saturated heterocycles. The Morgan fingerprint density at radius 1 is 0.258 bits per heavy atom. The largest absolute Gasteiger partial charge is 0.324 e. The van der Waals surface area contributed by atoms with E-state index in [2.05, 4.69) is 41.5 Å². The highest BCUT2D eigenvalue weighted by Crippen LogP contribution is 2.19. The van der Waals surface area contributed by atoms with Gasteiger partial charge >= 0.3 is 0 Å². The van der Waals surface area contributed by atoms with Gasteiger partial charge in [0.15, 0.2) is 0 Å². The molecular formula is C29H64N2+2. The van der Waals surface area contributed by atoms with E-state index in [1.54, 1.807) is 0 Å². The van der Waals surface area contributed by atoms with Crippen LogP contribution in [-0.4, -0.2) is 61.3 Å². The molecule has 0 rings (SSSR count). The lowest BCUT2D eigenvalue weighted by atomic mass is 10.1. The van der Waals surface area contributed by atoms with Crippen LogP contribution in [-0.2, 0) is 0 Å². The van der Waals surface area contributed by atoms with E-state index in [1.165, 1.54) is 158 Å². The number of hydrogen-bond acceptors (Lipinski definition) is 0. The summed E-state index contributed by atoms with van der Waals surface area (Å²) < 4.78 is 2.85. The van der Waals surface area contributed by atoms with Gasteiger partial charge in [0.2, 0.25) is 0 Å². The Morgan fingerprint density at radius 2 is 0.516 bits per heavy atom. The van der Waals surface area contributed by atoms with Crippen LogP contribution in [0.5, 0.6) is 0 Å². The SMILES string of the molecule is CCCC[N+](CCC)(CCCC)CCCCCC[N+](CCCC)(CCCC)CCCC. The minimum absolute atomic E-state index is 1.35. The van der Waals surface area contributed by atoms with Gasteiger partial charge in [-0.2, -0.15) is 0 Å². The van der Waals surface area contributed by atoms with Crippen molar-refractivity contribution in [2.24, 2.45) is 0 Å². The predicted octanol–water partition coefficient (Wildman–Crippen LogP) is 8.59. The van der Waals surface area contributed by atoms with Crippen molar-refractivity contribution in [3.05, 3.63) is 0 Å². The molecule has 0 aromatic rings. The van der Waals surface area contributed by atoms with Crippen molar-refractivity contribution >= 4 is 0 Å². The summed E-state index contributed by atoms with van der Waals surface area (Å²) >= 11 is 0. The van der Waals surface area contributed by atoms with Crippen LogP contribution in [0.2, 0.25) is 0 Å². The van der Waals surface area contributed by atoms with E-state index in [0.717, 1.165) is 0 Å². The predicted molar refractivity (Wildman–Crippen MR) is 143 cm³/mol. The van der Waals surface area contributed by atoms with E-state index in [-0.39, 0.29) is 0 Å². The highest BCUT2D eigenvalue weighted by atomic mass is 15.4. The molecule has 0 unspecified atom stereocenters. The van der Waals surface area contributed by atoms with Crippen LogP contribution in [0.1, 0.15) is 138 Å². The quantitative estimate of drug-likeness (QED) is 0.104. The summed E-state index contributed by atoms with van der Waals surface area (Å²) in [5, 5.41) is 0. The van der Waals surface area contributed by atoms with Gasteiger partial charge in [0.25, 0.3) is 0 Å². The van der Waals surface area contributed by atoms with Crippen LogP contribution >= 0.6 is 0 Å². The first-order valence-corrected chi connectivity index (χ1v) is 14.8. The summed E-state index contributed by atoms with van der Waals surface area (Å²) in [6.07, 6.45) is 21.0. The van der Waals surface area contributed by atoms with Crippen molar-refractivity contribution in [3.63, 3.8) is 0 Å². The first-order chi connectivity index (χ1) is 15.1. The van der Waals surface area contributed by atoms with Crippen LogP contribution < -0.4 is 0 Å². The summed E-state index contributed by atoms with van der Waals surface area (Å²) in [5.41, 5.74) is 0. The summed E-state index contributed by atoms with van der Waals surface area (Å²) in [6.45, 7) is 25.7. The van der Waals surface area contributed by atoms with Crippen molar-refractivity contribution in [1.82, 2.24) is 0 Å². The molecular weight excluding hydrogens is 376 g/mol. The zero-order chi connectivity index (χ0) is 23.3. The molecule has 0 aromatic carbocycles. The van der Waals surface area contributed by atoms with Crippen molar-refractivity contribution in [1.29, 1.82) is 0 Å². The Hall–Kier alpha value is -0.0800. The number of rotatable bonds is 24. The lowest BCUT2D eigenvalue weighted by molar-refractivity contribution is -0.929. The smallest absolute Gasteiger partial charge is 0.0786 e. The van der Waals surface area contributed by atoms with Gasteiger partial charge in [-0.1, -0.05) is 73.6 Å². The van der Waals surface area contributed by atoms with Crippen LogP contribution in [0, 0.1) is 0 Å². The highest BCUT2D eigenvalue weighted by Gasteiger charge is 2.26. The van der Waals surface area contributed by atoms with Crippen LogP contribution in [0.3, 0.4) is 0 Å². The molecule has 0 fully saturated rings. The molecule has 0 N–H and O–H groups in total. The van der Waals surface area contributed by atoms with Crippen molar-refractivity contribution in [3.8, 4) is 0 Å². The average Bonchev–Trinajstić information content (AvgIpc) is 2.79. The fourth-order valence-electron chi connectivity index (χ4n) is 5.53. The Kier molecular flexibility index (Phi) is 20.5. The van der Waals surface area contributed by atoms with Crippen LogP contribution in [0.15, 0.2) is 0 Å². The molecule has 0 saturated carbocycles. The molecule has 0 heterocycles. The fourth-order valence-corrected chi connectivity index (χ4v) is 5.53. The van der Waals surface area contributed by atoms with Gasteiger partial charge in [-0.25, -0.2) is 0 Å². The van der Waals surface area contributed by atoms with Crippen molar-refractivity contribution in [2.75, 3.05) is 52.4 Å². The molecule has 0 bridgehead atoms. The summed E-state index contributed by atoms with van der Waals surface area (Å²) in [7, 11) is 0. The first kappa shape index (κ1) is 30.9. The fraction of sp³-hybridized carbons (Fsp3) is 1.00. The maximum atomic E-state index is 2.39. The molecule has 0 aliphatic heterocycles. The lowest BCUT2D eigenvalue weighted by Crippen LogP contribution is -2.51. The van der Waals surface area contributed by atoms with Crippen molar-refractivity contribution in [2.45, 2.75) is 138 Å². The number of unbranched alkanes of at least 4 members (excludes halogenated alkanes) is 8. The third-order valence-electron chi connectivity index (χ3n) is 7.64. The van der Waals surface area contributed by atoms with E-state index in [9.17, 15) is 0 Å². The Labute approximate surface area is 199 Å². The topological polar surface area (TPSA) is 0 Å². The molecule has 0 spiro atoms. The van der Waals surface area contributed by atoms with Gasteiger partial charge in [-0.05, 0) is 64.2 Å². The maximum Gasteiger partial charge on any atom is 0.0786 e. The molecule has 2 nitrogen and oxygen atoms in total. The van der Waals surface area contributed by atoms with Gasteiger partial charge in [-0.3, -0.25) is 0 Å². The lowest BCUT2D eigenvalue weighted by Gasteiger charge is -2.40. The minimum atomic E-state index is 1.35. The van der Waals surface area contributed by atoms with Crippen LogP contribution in [0.25, 0.3) is 0 Å². The standard InChI is InChI=1S/C29H64N2/c1-7-13-23-30(22-12-6,24-14-8-2)28-20-18-19-21-29-31(25-15-9-3,26-16-10-4)27-17-11-5/h7-29H2,1-6H3/q+2. The van der Waals surface area contributed by atoms with E-state index in [4.69, 9.17) is 0 Å². The molecule has 188 valence electrons. The number of quaternary nitrogens is 2. The summed E-state index contributed by atoms with van der Waals surface area (Å²) in [5.74, 6) is 0. The molecule has 0 aliphatic carbocycles. The number of hydrogen-bond donors (Lipinski definition) is 0. The maximum absolute atomic E-state index is 2.39. The third-order valence-corrected chi connectivity index (χ3v) is 7.64.